The van der Waals surface area contributed by atoms with Crippen LogP contribution in [0.3, 0.4) is 0 Å². The number of ether oxygens (including phenoxy) is 2. The number of nitrogens with one attached hydrogen (secondary N) is 3. The summed E-state index contributed by atoms with van der Waals surface area (Å²) in [6.07, 6.45) is 8.98. The number of aliphatic hydroxyl groups is 1. The van der Waals surface area contributed by atoms with E-state index in [1.807, 2.05) is 4.72 Å². The van der Waals surface area contributed by atoms with Crippen LogP contribution in [0.25, 0.3) is 11.0 Å². The number of nitro benzene ring substituents is 1. The summed E-state index contributed by atoms with van der Waals surface area (Å²) >= 11 is 0. The fourth-order valence-electron chi connectivity index (χ4n) is 11.6. The summed E-state index contributed by atoms with van der Waals surface area (Å²) in [5.74, 6) is -2.68. The number of fused-ring (bicyclic) bond motifs is 2. The number of halogens is 2. The molecule has 15 nitrogen and oxygen atoms in total. The second-order valence-corrected chi connectivity index (χ2v) is 22.0. The number of amides is 1. The van der Waals surface area contributed by atoms with E-state index in [9.17, 15) is 32.8 Å². The van der Waals surface area contributed by atoms with Gasteiger partial charge in [-0.3, -0.25) is 19.8 Å². The van der Waals surface area contributed by atoms with Gasteiger partial charge in [-0.1, -0.05) is 44.5 Å². The lowest BCUT2D eigenvalue weighted by Crippen LogP contribution is -2.63. The number of rotatable bonds is 11. The topological polar surface area (TPSA) is 192 Å². The molecule has 4 N–H and O–H groups in total. The Bertz CT molecular complexity index is 2880. The summed E-state index contributed by atoms with van der Waals surface area (Å²) < 4.78 is 72.0. The molecule has 2 aromatic heterocycles. The van der Waals surface area contributed by atoms with Gasteiger partial charge in [-0.15, -0.1) is 0 Å². The zero-order valence-electron chi connectivity index (χ0n) is 38.4. The van der Waals surface area contributed by atoms with E-state index in [1.54, 1.807) is 13.0 Å². The van der Waals surface area contributed by atoms with E-state index < -0.39 is 54.6 Å². The number of aromatic amines is 1. The molecule has 5 aromatic rings. The molecule has 5 heterocycles. The number of pyridine rings is 1. The third-order valence-electron chi connectivity index (χ3n) is 15.4. The lowest BCUT2D eigenvalue weighted by molar-refractivity contribution is -0.384. The van der Waals surface area contributed by atoms with Crippen molar-refractivity contribution in [2.45, 2.75) is 113 Å². The van der Waals surface area contributed by atoms with E-state index in [4.69, 9.17) is 9.47 Å². The van der Waals surface area contributed by atoms with Gasteiger partial charge in [-0.2, -0.15) is 9.37 Å². The molecule has 5 aliphatic rings. The van der Waals surface area contributed by atoms with Crippen LogP contribution in [0.4, 0.5) is 25.8 Å². The van der Waals surface area contributed by atoms with Gasteiger partial charge in [0.15, 0.2) is 17.2 Å². The molecule has 18 heteroatoms. The highest BCUT2D eigenvalue weighted by atomic mass is 32.2. The van der Waals surface area contributed by atoms with Crippen LogP contribution in [-0.2, 0) is 10.0 Å². The smallest absolute Gasteiger partial charge is 0.297 e. The number of likely N-dealkylation sites (tertiary alicyclic amines) is 1. The van der Waals surface area contributed by atoms with Crippen LogP contribution >= 0.6 is 0 Å². The number of aromatic nitrogens is 2. The maximum Gasteiger partial charge on any atom is 0.297 e. The molecule has 1 spiro atoms. The molecule has 1 amide bonds. The number of nitrogens with zero attached hydrogens (tertiary/aromatic N) is 4. The van der Waals surface area contributed by atoms with Gasteiger partial charge >= 0.3 is 0 Å². The zero-order valence-corrected chi connectivity index (χ0v) is 39.2. The van der Waals surface area contributed by atoms with Gasteiger partial charge in [-0.05, 0) is 111 Å². The second-order valence-electron chi connectivity index (χ2n) is 20.3. The largest absolute Gasteiger partial charge is 0.489 e. The van der Waals surface area contributed by atoms with Crippen LogP contribution in [0, 0.1) is 33.2 Å². The molecule has 2 saturated heterocycles. The normalized spacial score (nSPS) is 24.8. The molecule has 2 saturated carbocycles. The maximum atomic E-state index is 15.5. The van der Waals surface area contributed by atoms with Crippen LogP contribution in [0.15, 0.2) is 71.8 Å². The van der Waals surface area contributed by atoms with Gasteiger partial charge < -0.3 is 29.8 Å². The molecule has 68 heavy (non-hydrogen) atoms. The number of sulfonamides is 1. The highest BCUT2D eigenvalue weighted by molar-refractivity contribution is 7.90. The Morgan fingerprint density at radius 2 is 1.76 bits per heavy atom. The van der Waals surface area contributed by atoms with Crippen molar-refractivity contribution in [3.8, 4) is 17.2 Å². The van der Waals surface area contributed by atoms with Crippen molar-refractivity contribution in [1.29, 1.82) is 0 Å². The van der Waals surface area contributed by atoms with Crippen molar-refractivity contribution in [1.82, 2.24) is 19.6 Å². The van der Waals surface area contributed by atoms with Gasteiger partial charge in [-0.25, -0.2) is 17.5 Å². The number of hydrogen-bond donors (Lipinski definition) is 4. The molecule has 3 atom stereocenters. The van der Waals surface area contributed by atoms with Crippen molar-refractivity contribution in [2.75, 3.05) is 43.0 Å². The number of piperidine rings is 1. The maximum absolute atomic E-state index is 15.5. The molecule has 3 aromatic carbocycles. The molecule has 2 aliphatic carbocycles. The number of hydrogen-bond acceptors (Lipinski definition) is 12. The summed E-state index contributed by atoms with van der Waals surface area (Å²) in [6.45, 7) is 9.87. The molecule has 10 rings (SSSR count). The fraction of sp³-hybridized carbons (Fsp3) is 0.480. The van der Waals surface area contributed by atoms with E-state index in [1.165, 1.54) is 42.5 Å². The van der Waals surface area contributed by atoms with Crippen molar-refractivity contribution in [3.05, 3.63) is 105 Å². The number of H-pyrrole nitrogens is 1. The van der Waals surface area contributed by atoms with Gasteiger partial charge in [0.2, 0.25) is 0 Å². The van der Waals surface area contributed by atoms with Crippen molar-refractivity contribution in [3.63, 3.8) is 0 Å². The van der Waals surface area contributed by atoms with Crippen molar-refractivity contribution >= 4 is 44.0 Å². The van der Waals surface area contributed by atoms with E-state index in [-0.39, 0.29) is 57.8 Å². The van der Waals surface area contributed by atoms with Gasteiger partial charge in [0.25, 0.3) is 27.6 Å². The third-order valence-corrected chi connectivity index (χ3v) is 16.7. The Hall–Kier alpha value is -5.85. The Balaban J connectivity index is 0.874. The predicted octanol–water partition coefficient (Wildman–Crippen LogP) is 9.14. The molecule has 0 radical (unpaired) electrons. The number of nitro groups is 1. The summed E-state index contributed by atoms with van der Waals surface area (Å²) in [4.78, 5) is 36.4. The molecule has 3 aliphatic heterocycles. The summed E-state index contributed by atoms with van der Waals surface area (Å²) in [7, 11) is -4.79. The first-order valence-corrected chi connectivity index (χ1v) is 25.2. The third kappa shape index (κ3) is 8.74. The van der Waals surface area contributed by atoms with Crippen LogP contribution in [0.2, 0.25) is 0 Å². The quantitative estimate of drug-likeness (QED) is 0.0559. The lowest BCUT2D eigenvalue weighted by atomic mass is 9.70. The van der Waals surface area contributed by atoms with Gasteiger partial charge in [0.05, 0.1) is 32.4 Å². The predicted molar refractivity (Wildman–Crippen MR) is 252 cm³/mol. The average Bonchev–Trinajstić information content (AvgIpc) is 3.93. The van der Waals surface area contributed by atoms with Crippen molar-refractivity contribution in [2.24, 2.45) is 11.3 Å². The minimum Gasteiger partial charge on any atom is -0.489 e. The van der Waals surface area contributed by atoms with Crippen molar-refractivity contribution < 1.29 is 41.5 Å². The van der Waals surface area contributed by atoms with Crippen LogP contribution < -0.4 is 24.4 Å². The van der Waals surface area contributed by atoms with E-state index in [0.717, 1.165) is 50.3 Å². The van der Waals surface area contributed by atoms with E-state index in [0.29, 0.717) is 62.3 Å². The highest BCUT2D eigenvalue weighted by Crippen LogP contribution is 2.49. The Morgan fingerprint density at radius 3 is 2.50 bits per heavy atom. The lowest BCUT2D eigenvalue weighted by Gasteiger charge is -2.57. The van der Waals surface area contributed by atoms with E-state index >= 15 is 4.39 Å². The Labute approximate surface area is 393 Å². The number of carbonyl (C=O) groups excluding carboxylic acids is 1. The SMILES string of the molecule is CC(C)c1ccccc1[C@H]1CCC[C@H]1N1CC2(CCN(c3ccc(C(=O)NS(=O)(=O)c4cc5c(c([N+](=O)[O-])c4)N[C@@H](C4CCC(C)(O)CC4)CO5)c(Oc4cc5c(F)c[nH]c5nc4F)c3)CC2)C1. The summed E-state index contributed by atoms with van der Waals surface area (Å²) in [5.41, 5.74) is 2.09. The summed E-state index contributed by atoms with van der Waals surface area (Å²) in [6, 6.07) is 16.8. The molecule has 360 valence electrons. The first-order valence-electron chi connectivity index (χ1n) is 23.7. The van der Waals surface area contributed by atoms with Crippen LogP contribution in [0.5, 0.6) is 17.2 Å². The fourth-order valence-corrected chi connectivity index (χ4v) is 12.6. The first-order chi connectivity index (χ1) is 32.5. The Kier molecular flexibility index (Phi) is 11.9. The van der Waals surface area contributed by atoms with E-state index in [2.05, 4.69) is 63.2 Å². The molecular weight excluding hydrogens is 897 g/mol. The van der Waals surface area contributed by atoms with Gasteiger partial charge in [0, 0.05) is 62.3 Å². The molecular formula is C50H57F2N7O8S. The Morgan fingerprint density at radius 1 is 1.01 bits per heavy atom. The molecule has 0 bridgehead atoms. The minimum absolute atomic E-state index is 0.0237. The molecule has 0 unspecified atom stereocenters. The van der Waals surface area contributed by atoms with Crippen LogP contribution in [-0.4, -0.2) is 89.7 Å². The summed E-state index contributed by atoms with van der Waals surface area (Å²) in [5, 5.41) is 26.0. The minimum atomic E-state index is -4.79. The van der Waals surface area contributed by atoms with Gasteiger partial charge in [0.1, 0.15) is 23.8 Å². The monoisotopic (exact) mass is 953 g/mol. The number of carbonyl (C=O) groups is 1. The highest BCUT2D eigenvalue weighted by Gasteiger charge is 2.49. The average molecular weight is 954 g/mol. The first kappa shape index (κ1) is 45.9. The number of benzene rings is 3. The van der Waals surface area contributed by atoms with Crippen LogP contribution in [0.1, 0.15) is 112 Å². The second kappa shape index (κ2) is 17.6. The molecule has 4 fully saturated rings. The zero-order chi connectivity index (χ0) is 47.7. The standard InChI is InChI=1S/C50H57F2N7O8S/c1-29(2)33-7-4-5-8-34(33)35-9-6-10-40(35)58-27-50(28-58)17-19-57(20-18-50)31-11-12-36(42(21-31)67-44-24-37-38(51)25-53-47(37)55-46(44)52)48(60)56-68(64,65)32-22-41(59(62)63)45-43(23-32)66-26-39(54-45)30-13-15-49(3,61)16-14-30/h4-5,7-8,11-12,21-25,29-30,35,39-40,54,61H,6,9-10,13-20,26-28H2,1-3H3,(H,53,55)(H,56,60)/t30?,35-,39-,40-,49?/m1/s1. The number of anilines is 2.